The average Bonchev–Trinajstić information content (AvgIpc) is 2.72. The van der Waals surface area contributed by atoms with Gasteiger partial charge in [0.1, 0.15) is 0 Å². The minimum Gasteiger partial charge on any atom is -0.322 e. The zero-order valence-electron chi connectivity index (χ0n) is 15.7. The largest absolute Gasteiger partial charge is 0.322 e. The number of rotatable bonds is 5. The van der Waals surface area contributed by atoms with E-state index in [-0.39, 0.29) is 16.8 Å². The van der Waals surface area contributed by atoms with Gasteiger partial charge < -0.3 is 5.32 Å². The summed E-state index contributed by atoms with van der Waals surface area (Å²) in [6.07, 6.45) is 0. The van der Waals surface area contributed by atoms with E-state index in [0.29, 0.717) is 32.0 Å². The lowest BCUT2D eigenvalue weighted by molar-refractivity contribution is 0.0953. The van der Waals surface area contributed by atoms with Crippen LogP contribution in [0.3, 0.4) is 0 Å². The third kappa shape index (κ3) is 5.48. The van der Waals surface area contributed by atoms with Crippen molar-refractivity contribution in [3.8, 4) is 0 Å². The van der Waals surface area contributed by atoms with E-state index >= 15 is 0 Å². The minimum atomic E-state index is -0.356. The van der Waals surface area contributed by atoms with Crippen LogP contribution in [-0.4, -0.2) is 17.5 Å². The summed E-state index contributed by atoms with van der Waals surface area (Å²) in [5.41, 5.74) is 5.22. The quantitative estimate of drug-likeness (QED) is 0.322. The predicted molar refractivity (Wildman–Crippen MR) is 125 cm³/mol. The van der Waals surface area contributed by atoms with Gasteiger partial charge in [0.25, 0.3) is 11.8 Å². The maximum atomic E-state index is 12.5. The summed E-state index contributed by atoms with van der Waals surface area (Å²) >= 11 is 15.3. The second-order valence-electron chi connectivity index (χ2n) is 6.28. The van der Waals surface area contributed by atoms with Crippen molar-refractivity contribution in [2.24, 2.45) is 5.10 Å². The van der Waals surface area contributed by atoms with Crippen LogP contribution < -0.4 is 10.7 Å². The second kappa shape index (κ2) is 9.89. The molecule has 0 fully saturated rings. The third-order valence-electron chi connectivity index (χ3n) is 4.16. The molecule has 0 bridgehead atoms. The van der Waals surface area contributed by atoms with Crippen molar-refractivity contribution in [3.05, 3.63) is 97.9 Å². The molecule has 0 aliphatic heterocycles. The van der Waals surface area contributed by atoms with Gasteiger partial charge in [-0.05, 0) is 70.9 Å². The molecule has 8 heteroatoms. The lowest BCUT2D eigenvalue weighted by Gasteiger charge is -2.09. The number of nitrogens with zero attached hydrogens (tertiary/aromatic N) is 1. The molecule has 0 aliphatic rings. The lowest BCUT2D eigenvalue weighted by atomic mass is 10.1. The lowest BCUT2D eigenvalue weighted by Crippen LogP contribution is -2.19. The van der Waals surface area contributed by atoms with Crippen LogP contribution in [0.25, 0.3) is 0 Å². The number of carbonyl (C=O) groups excluding carboxylic acids is 2. The fourth-order valence-electron chi connectivity index (χ4n) is 2.60. The van der Waals surface area contributed by atoms with Gasteiger partial charge in [-0.3, -0.25) is 9.59 Å². The van der Waals surface area contributed by atoms with Crippen molar-refractivity contribution in [3.63, 3.8) is 0 Å². The molecule has 0 saturated carbocycles. The van der Waals surface area contributed by atoms with Crippen LogP contribution in [0.1, 0.15) is 33.2 Å². The number of anilines is 1. The van der Waals surface area contributed by atoms with Crippen LogP contribution in [0.4, 0.5) is 5.69 Å². The molecule has 2 N–H and O–H groups in total. The van der Waals surface area contributed by atoms with Crippen molar-refractivity contribution in [1.29, 1.82) is 0 Å². The monoisotopic (exact) mass is 503 g/mol. The Kier molecular flexibility index (Phi) is 7.26. The number of hydrazone groups is 1. The molecular weight excluding hydrogens is 489 g/mol. The zero-order chi connectivity index (χ0) is 21.7. The van der Waals surface area contributed by atoms with Crippen molar-refractivity contribution >= 4 is 62.3 Å². The van der Waals surface area contributed by atoms with E-state index in [1.54, 1.807) is 55.5 Å². The molecule has 0 atom stereocenters. The molecule has 152 valence electrons. The van der Waals surface area contributed by atoms with Crippen molar-refractivity contribution in [1.82, 2.24) is 5.43 Å². The number of nitrogens with one attached hydrogen (secondary N) is 2. The molecule has 0 heterocycles. The van der Waals surface area contributed by atoms with Crippen LogP contribution in [0.2, 0.25) is 10.0 Å². The first-order chi connectivity index (χ1) is 14.3. The van der Waals surface area contributed by atoms with Crippen LogP contribution in [0, 0.1) is 0 Å². The van der Waals surface area contributed by atoms with Gasteiger partial charge >= 0.3 is 0 Å². The minimum absolute atomic E-state index is 0.267. The molecule has 30 heavy (non-hydrogen) atoms. The molecule has 0 saturated heterocycles. The fraction of sp³-hybridized carbons (Fsp3) is 0.0455. The number of amides is 2. The Labute approximate surface area is 192 Å². The Bertz CT molecular complexity index is 1150. The molecule has 0 unspecified atom stereocenters. The Morgan fingerprint density at radius 2 is 1.67 bits per heavy atom. The first kappa shape index (κ1) is 22.0. The maximum absolute atomic E-state index is 12.5. The summed E-state index contributed by atoms with van der Waals surface area (Å²) in [6.45, 7) is 1.76. The molecule has 0 radical (unpaired) electrons. The van der Waals surface area contributed by atoms with Gasteiger partial charge in [-0.25, -0.2) is 5.43 Å². The summed E-state index contributed by atoms with van der Waals surface area (Å²) < 4.78 is 0.681. The van der Waals surface area contributed by atoms with E-state index in [4.69, 9.17) is 23.2 Å². The maximum Gasteiger partial charge on any atom is 0.272 e. The van der Waals surface area contributed by atoms with E-state index < -0.39 is 0 Å². The van der Waals surface area contributed by atoms with Crippen molar-refractivity contribution in [2.75, 3.05) is 5.32 Å². The Balaban J connectivity index is 1.72. The van der Waals surface area contributed by atoms with Gasteiger partial charge in [0.05, 0.1) is 21.9 Å². The molecule has 0 aromatic heterocycles. The van der Waals surface area contributed by atoms with Gasteiger partial charge in [0.15, 0.2) is 0 Å². The van der Waals surface area contributed by atoms with E-state index in [1.807, 2.05) is 12.1 Å². The predicted octanol–water partition coefficient (Wildman–Crippen LogP) is 6.16. The van der Waals surface area contributed by atoms with E-state index in [1.165, 1.54) is 6.07 Å². The van der Waals surface area contributed by atoms with Gasteiger partial charge in [-0.15, -0.1) is 0 Å². The second-order valence-corrected chi connectivity index (χ2v) is 7.98. The first-order valence-electron chi connectivity index (χ1n) is 8.81. The van der Waals surface area contributed by atoms with E-state index in [9.17, 15) is 9.59 Å². The van der Waals surface area contributed by atoms with Gasteiger partial charge in [0, 0.05) is 15.2 Å². The van der Waals surface area contributed by atoms with Crippen LogP contribution >= 0.6 is 39.1 Å². The highest BCUT2D eigenvalue weighted by Gasteiger charge is 2.12. The van der Waals surface area contributed by atoms with Gasteiger partial charge in [0.2, 0.25) is 0 Å². The van der Waals surface area contributed by atoms with Crippen molar-refractivity contribution in [2.45, 2.75) is 6.92 Å². The highest BCUT2D eigenvalue weighted by molar-refractivity contribution is 9.10. The number of halogens is 3. The number of benzene rings is 3. The normalized spacial score (nSPS) is 11.1. The third-order valence-corrected chi connectivity index (χ3v) is 5.40. The van der Waals surface area contributed by atoms with E-state index in [2.05, 4.69) is 31.8 Å². The SMILES string of the molecule is CC(=NNC(=O)c1ccccc1Br)c1cccc(NC(=O)c2ccc(Cl)cc2Cl)c1. The van der Waals surface area contributed by atoms with Crippen LogP contribution in [0.5, 0.6) is 0 Å². The first-order valence-corrected chi connectivity index (χ1v) is 10.4. The summed E-state index contributed by atoms with van der Waals surface area (Å²) in [7, 11) is 0. The summed E-state index contributed by atoms with van der Waals surface area (Å²) in [4.78, 5) is 24.8. The number of carbonyl (C=O) groups is 2. The van der Waals surface area contributed by atoms with E-state index in [0.717, 1.165) is 5.56 Å². The Morgan fingerprint density at radius 1 is 0.900 bits per heavy atom. The van der Waals surface area contributed by atoms with Crippen LogP contribution in [-0.2, 0) is 0 Å². The number of hydrogen-bond acceptors (Lipinski definition) is 3. The summed E-state index contributed by atoms with van der Waals surface area (Å²) in [6, 6.07) is 18.9. The summed E-state index contributed by atoms with van der Waals surface area (Å²) in [5.74, 6) is -0.686. The highest BCUT2D eigenvalue weighted by Crippen LogP contribution is 2.22. The van der Waals surface area contributed by atoms with Gasteiger partial charge in [-0.2, -0.15) is 5.10 Å². The van der Waals surface area contributed by atoms with Crippen molar-refractivity contribution < 1.29 is 9.59 Å². The fourth-order valence-corrected chi connectivity index (χ4v) is 3.56. The Morgan fingerprint density at radius 3 is 2.40 bits per heavy atom. The smallest absolute Gasteiger partial charge is 0.272 e. The molecule has 0 aliphatic carbocycles. The topological polar surface area (TPSA) is 70.6 Å². The standard InChI is InChI=1S/C22H16BrCl2N3O2/c1-13(27-28-22(30)17-7-2-3-8-19(17)23)14-5-4-6-16(11-14)26-21(29)18-10-9-15(24)12-20(18)25/h2-12H,1H3,(H,26,29)(H,28,30). The zero-order valence-corrected chi connectivity index (χ0v) is 18.8. The molecule has 0 spiro atoms. The molecular formula is C22H16BrCl2N3O2. The number of hydrogen-bond donors (Lipinski definition) is 2. The highest BCUT2D eigenvalue weighted by atomic mass is 79.9. The summed E-state index contributed by atoms with van der Waals surface area (Å²) in [5, 5.41) is 7.68. The average molecular weight is 505 g/mol. The van der Waals surface area contributed by atoms with Gasteiger partial charge in [-0.1, -0.05) is 47.5 Å². The molecule has 5 nitrogen and oxygen atoms in total. The molecule has 3 aromatic carbocycles. The van der Waals surface area contributed by atoms with Crippen LogP contribution in [0.15, 0.2) is 76.3 Å². The molecule has 3 rings (SSSR count). The molecule has 2 amide bonds. The Hall–Kier alpha value is -2.67. The molecule has 3 aromatic rings.